The van der Waals surface area contributed by atoms with Gasteiger partial charge in [-0.25, -0.2) is 13.4 Å². The van der Waals surface area contributed by atoms with Crippen LogP contribution >= 0.6 is 0 Å². The summed E-state index contributed by atoms with van der Waals surface area (Å²) in [5.41, 5.74) is 0. The van der Waals surface area contributed by atoms with Crippen LogP contribution in [0.4, 0.5) is 0 Å². The van der Waals surface area contributed by atoms with Crippen LogP contribution in [-0.4, -0.2) is 60.8 Å². The molecular formula is C10H18N4O2S. The second-order valence-corrected chi connectivity index (χ2v) is 6.30. The molecular weight excluding hydrogens is 240 g/mol. The molecule has 0 aliphatic carbocycles. The Kier molecular flexibility index (Phi) is 3.50. The lowest BCUT2D eigenvalue weighted by Gasteiger charge is -2.18. The van der Waals surface area contributed by atoms with Crippen LogP contribution in [0.25, 0.3) is 0 Å². The standard InChI is InChI=1S/C10H18N4O2S/c1-9-11-8-10(12-9)17(15,16)14-5-3-4-13(2)6-7-14/h8H,3-7H2,1-2H3,(H,11,12). The molecule has 1 fully saturated rings. The number of aromatic amines is 1. The zero-order valence-corrected chi connectivity index (χ0v) is 11.0. The van der Waals surface area contributed by atoms with Crippen molar-refractivity contribution in [1.82, 2.24) is 19.2 Å². The first kappa shape index (κ1) is 12.5. The predicted molar refractivity (Wildman–Crippen MR) is 64.2 cm³/mol. The molecule has 1 aromatic heterocycles. The molecule has 2 rings (SSSR count). The van der Waals surface area contributed by atoms with Gasteiger partial charge in [-0.05, 0) is 26.9 Å². The number of sulfonamides is 1. The van der Waals surface area contributed by atoms with Gasteiger partial charge in [-0.3, -0.25) is 0 Å². The van der Waals surface area contributed by atoms with E-state index < -0.39 is 10.0 Å². The Hall–Kier alpha value is -0.920. The average molecular weight is 258 g/mol. The van der Waals surface area contributed by atoms with Gasteiger partial charge in [0.25, 0.3) is 10.0 Å². The van der Waals surface area contributed by atoms with Gasteiger partial charge < -0.3 is 9.88 Å². The molecule has 2 heterocycles. The van der Waals surface area contributed by atoms with Crippen molar-refractivity contribution in [3.05, 3.63) is 12.0 Å². The number of nitrogens with one attached hydrogen (secondary N) is 1. The lowest BCUT2D eigenvalue weighted by molar-refractivity contribution is 0.347. The zero-order chi connectivity index (χ0) is 12.5. The molecule has 1 aliphatic heterocycles. The van der Waals surface area contributed by atoms with E-state index in [-0.39, 0.29) is 5.03 Å². The van der Waals surface area contributed by atoms with Crippen molar-refractivity contribution >= 4 is 10.0 Å². The molecule has 96 valence electrons. The minimum absolute atomic E-state index is 0.194. The summed E-state index contributed by atoms with van der Waals surface area (Å²) >= 11 is 0. The fraction of sp³-hybridized carbons (Fsp3) is 0.700. The number of imidazole rings is 1. The summed E-state index contributed by atoms with van der Waals surface area (Å²) in [7, 11) is -1.39. The molecule has 0 aromatic carbocycles. The van der Waals surface area contributed by atoms with Gasteiger partial charge >= 0.3 is 0 Å². The fourth-order valence-corrected chi connectivity index (χ4v) is 3.36. The first-order valence-corrected chi connectivity index (χ1v) is 7.14. The number of hydrogen-bond donors (Lipinski definition) is 1. The van der Waals surface area contributed by atoms with E-state index in [1.807, 2.05) is 7.05 Å². The van der Waals surface area contributed by atoms with Crippen LogP contribution in [-0.2, 0) is 10.0 Å². The minimum Gasteiger partial charge on any atom is -0.332 e. The first-order chi connectivity index (χ1) is 8.00. The summed E-state index contributed by atoms with van der Waals surface area (Å²) in [5, 5.41) is 0.194. The van der Waals surface area contributed by atoms with Gasteiger partial charge in [0.1, 0.15) is 5.82 Å². The first-order valence-electron chi connectivity index (χ1n) is 5.70. The molecule has 7 heteroatoms. The Morgan fingerprint density at radius 1 is 1.29 bits per heavy atom. The van der Waals surface area contributed by atoms with Crippen LogP contribution < -0.4 is 0 Å². The number of rotatable bonds is 2. The molecule has 0 bridgehead atoms. The van der Waals surface area contributed by atoms with Gasteiger partial charge in [0.15, 0.2) is 5.03 Å². The van der Waals surface area contributed by atoms with Crippen molar-refractivity contribution in [2.75, 3.05) is 33.2 Å². The highest BCUT2D eigenvalue weighted by Crippen LogP contribution is 2.15. The largest absolute Gasteiger partial charge is 0.332 e. The van der Waals surface area contributed by atoms with Gasteiger partial charge in [0.2, 0.25) is 0 Å². The Balaban J connectivity index is 2.20. The topological polar surface area (TPSA) is 69.3 Å². The highest BCUT2D eigenvalue weighted by Gasteiger charge is 2.27. The number of nitrogens with zero attached hydrogens (tertiary/aromatic N) is 3. The van der Waals surface area contributed by atoms with Gasteiger partial charge in [-0.15, -0.1) is 0 Å². The third-order valence-electron chi connectivity index (χ3n) is 2.98. The molecule has 6 nitrogen and oxygen atoms in total. The highest BCUT2D eigenvalue weighted by atomic mass is 32.2. The maximum absolute atomic E-state index is 12.3. The van der Waals surface area contributed by atoms with Crippen molar-refractivity contribution < 1.29 is 8.42 Å². The third-order valence-corrected chi connectivity index (χ3v) is 4.78. The second kappa shape index (κ2) is 4.75. The summed E-state index contributed by atoms with van der Waals surface area (Å²) in [6.45, 7) is 4.57. The van der Waals surface area contributed by atoms with Gasteiger partial charge in [0.05, 0.1) is 6.20 Å². The highest BCUT2D eigenvalue weighted by molar-refractivity contribution is 7.89. The maximum Gasteiger partial charge on any atom is 0.260 e. The second-order valence-electron chi connectivity index (χ2n) is 4.39. The van der Waals surface area contributed by atoms with Crippen LogP contribution in [0.3, 0.4) is 0 Å². The van der Waals surface area contributed by atoms with E-state index >= 15 is 0 Å². The minimum atomic E-state index is -3.40. The molecule has 0 atom stereocenters. The molecule has 0 unspecified atom stereocenters. The molecule has 0 amide bonds. The average Bonchev–Trinajstić information content (AvgIpc) is 2.58. The zero-order valence-electron chi connectivity index (χ0n) is 10.2. The lowest BCUT2D eigenvalue weighted by atomic mass is 10.4. The Bertz CT molecular complexity index is 482. The number of aryl methyl sites for hydroxylation is 1. The summed E-state index contributed by atoms with van der Waals surface area (Å²) in [6, 6.07) is 0. The summed E-state index contributed by atoms with van der Waals surface area (Å²) in [6.07, 6.45) is 2.25. The number of hydrogen-bond acceptors (Lipinski definition) is 4. The van der Waals surface area contributed by atoms with Crippen LogP contribution in [0, 0.1) is 6.92 Å². The summed E-state index contributed by atoms with van der Waals surface area (Å²) in [4.78, 5) is 8.88. The Labute approximate surface area is 102 Å². The van der Waals surface area contributed by atoms with E-state index in [2.05, 4.69) is 14.9 Å². The van der Waals surface area contributed by atoms with E-state index in [9.17, 15) is 8.42 Å². The quantitative estimate of drug-likeness (QED) is 0.813. The van der Waals surface area contributed by atoms with Crippen molar-refractivity contribution in [1.29, 1.82) is 0 Å². The molecule has 0 saturated carbocycles. The van der Waals surface area contributed by atoms with E-state index in [1.165, 1.54) is 10.5 Å². The fourth-order valence-electron chi connectivity index (χ4n) is 1.93. The third kappa shape index (κ3) is 2.67. The molecule has 0 radical (unpaired) electrons. The molecule has 1 saturated heterocycles. The van der Waals surface area contributed by atoms with Gasteiger partial charge in [-0.1, -0.05) is 0 Å². The van der Waals surface area contributed by atoms with Crippen molar-refractivity contribution in [2.24, 2.45) is 0 Å². The van der Waals surface area contributed by atoms with Crippen molar-refractivity contribution in [2.45, 2.75) is 18.4 Å². The van der Waals surface area contributed by atoms with Crippen LogP contribution in [0.1, 0.15) is 12.2 Å². The van der Waals surface area contributed by atoms with Crippen molar-refractivity contribution in [3.63, 3.8) is 0 Å². The van der Waals surface area contributed by atoms with Gasteiger partial charge in [-0.2, -0.15) is 4.31 Å². The van der Waals surface area contributed by atoms with E-state index in [1.54, 1.807) is 6.92 Å². The molecule has 0 spiro atoms. The molecule has 1 aromatic rings. The number of H-pyrrole nitrogens is 1. The number of aromatic nitrogens is 2. The maximum atomic E-state index is 12.3. The normalized spacial score (nSPS) is 20.4. The van der Waals surface area contributed by atoms with E-state index in [0.29, 0.717) is 18.9 Å². The monoisotopic (exact) mass is 258 g/mol. The van der Waals surface area contributed by atoms with Gasteiger partial charge in [0, 0.05) is 19.6 Å². The molecule has 1 aliphatic rings. The smallest absolute Gasteiger partial charge is 0.260 e. The van der Waals surface area contributed by atoms with E-state index in [4.69, 9.17) is 0 Å². The molecule has 1 N–H and O–H groups in total. The molecule has 17 heavy (non-hydrogen) atoms. The Morgan fingerprint density at radius 3 is 2.71 bits per heavy atom. The van der Waals surface area contributed by atoms with Crippen LogP contribution in [0.5, 0.6) is 0 Å². The predicted octanol–water partition coefficient (Wildman–Crippen LogP) is 0.0443. The van der Waals surface area contributed by atoms with Crippen molar-refractivity contribution in [3.8, 4) is 0 Å². The van der Waals surface area contributed by atoms with Crippen LogP contribution in [0.15, 0.2) is 11.2 Å². The van der Waals surface area contributed by atoms with E-state index in [0.717, 1.165) is 19.5 Å². The van der Waals surface area contributed by atoms with Crippen LogP contribution in [0.2, 0.25) is 0 Å². The SMILES string of the molecule is Cc1ncc(S(=O)(=O)N2CCCN(C)CC2)[nH]1. The Morgan fingerprint density at radius 2 is 2.06 bits per heavy atom. The number of likely N-dealkylation sites (N-methyl/N-ethyl adjacent to an activating group) is 1. The summed E-state index contributed by atoms with van der Waals surface area (Å²) < 4.78 is 26.1. The lowest BCUT2D eigenvalue weighted by Crippen LogP contribution is -2.34. The summed E-state index contributed by atoms with van der Waals surface area (Å²) in [5.74, 6) is 0.621.